The van der Waals surface area contributed by atoms with Crippen LogP contribution in [0.1, 0.15) is 10.5 Å². The summed E-state index contributed by atoms with van der Waals surface area (Å²) in [5.74, 6) is -1.27. The number of carbonyl (C=O) groups is 1. The summed E-state index contributed by atoms with van der Waals surface area (Å²) in [5, 5.41) is 9.19. The monoisotopic (exact) mass is 179 g/mol. The lowest BCUT2D eigenvalue weighted by Crippen LogP contribution is -2.00. The highest BCUT2D eigenvalue weighted by atomic mass is 19.2. The highest BCUT2D eigenvalue weighted by Gasteiger charge is 2.13. The number of para-hydroxylation sites is 1. The third-order valence-corrected chi connectivity index (χ3v) is 1.87. The molecular weight excluding hydrogens is 173 g/mol. The molecule has 66 valence electrons. The van der Waals surface area contributed by atoms with Gasteiger partial charge in [-0.05, 0) is 12.1 Å². The molecule has 0 aliphatic heterocycles. The Bertz CT molecular complexity index is 475. The van der Waals surface area contributed by atoms with E-state index in [1.807, 2.05) is 0 Å². The molecule has 0 spiro atoms. The van der Waals surface area contributed by atoms with E-state index in [4.69, 9.17) is 5.11 Å². The quantitative estimate of drug-likeness (QED) is 0.728. The lowest BCUT2D eigenvalue weighted by molar-refractivity contribution is 0.0674. The molecule has 0 amide bonds. The summed E-state index contributed by atoms with van der Waals surface area (Å²) in [7, 11) is 0. The summed E-state index contributed by atoms with van der Waals surface area (Å²) >= 11 is 0. The van der Waals surface area contributed by atoms with Crippen LogP contribution in [0.5, 0.6) is 0 Å². The minimum Gasteiger partial charge on any atom is -0.476 e. The van der Waals surface area contributed by atoms with Crippen LogP contribution >= 0.6 is 0 Å². The molecule has 0 atom stereocenters. The number of benzene rings is 1. The largest absolute Gasteiger partial charge is 0.476 e. The van der Waals surface area contributed by atoms with Gasteiger partial charge in [0.15, 0.2) is 5.69 Å². The van der Waals surface area contributed by atoms with Gasteiger partial charge in [-0.15, -0.1) is 0 Å². The van der Waals surface area contributed by atoms with Gasteiger partial charge in [0.25, 0.3) is 0 Å². The SMILES string of the molecule is O=C(O)c1cc2ccccc2n1F. The van der Waals surface area contributed by atoms with Crippen molar-refractivity contribution < 1.29 is 14.4 Å². The molecule has 1 heterocycles. The van der Waals surface area contributed by atoms with E-state index in [0.717, 1.165) is 0 Å². The zero-order valence-electron chi connectivity index (χ0n) is 6.57. The maximum absolute atomic E-state index is 13.2. The van der Waals surface area contributed by atoms with E-state index in [2.05, 4.69) is 0 Å². The number of nitrogens with zero attached hydrogens (tertiary/aromatic N) is 1. The lowest BCUT2D eigenvalue weighted by atomic mass is 10.2. The predicted molar refractivity (Wildman–Crippen MR) is 45.4 cm³/mol. The minimum absolute atomic E-state index is 0.178. The van der Waals surface area contributed by atoms with Crippen molar-refractivity contribution in [1.29, 1.82) is 0 Å². The molecule has 0 aliphatic carbocycles. The first kappa shape index (κ1) is 7.79. The summed E-state index contributed by atoms with van der Waals surface area (Å²) in [6.07, 6.45) is 0. The molecule has 13 heavy (non-hydrogen) atoms. The first-order chi connectivity index (χ1) is 6.20. The maximum Gasteiger partial charge on any atom is 0.355 e. The maximum atomic E-state index is 13.2. The first-order valence-corrected chi connectivity index (χ1v) is 3.70. The number of rotatable bonds is 1. The van der Waals surface area contributed by atoms with Crippen molar-refractivity contribution in [2.45, 2.75) is 0 Å². The number of hydrogen-bond donors (Lipinski definition) is 1. The number of halogens is 1. The molecular formula is C9H6FNO2. The van der Waals surface area contributed by atoms with Crippen molar-refractivity contribution in [3.8, 4) is 0 Å². The Morgan fingerprint density at radius 2 is 2.08 bits per heavy atom. The van der Waals surface area contributed by atoms with E-state index in [1.54, 1.807) is 18.2 Å². The lowest BCUT2D eigenvalue weighted by Gasteiger charge is -1.92. The third kappa shape index (κ3) is 1.07. The zero-order chi connectivity index (χ0) is 9.42. The van der Waals surface area contributed by atoms with E-state index in [9.17, 15) is 9.28 Å². The third-order valence-electron chi connectivity index (χ3n) is 1.87. The van der Waals surface area contributed by atoms with Crippen LogP contribution < -0.4 is 0 Å². The number of fused-ring (bicyclic) bond motifs is 1. The molecule has 4 heteroatoms. The van der Waals surface area contributed by atoms with E-state index < -0.39 is 5.97 Å². The molecule has 0 saturated heterocycles. The highest BCUT2D eigenvalue weighted by molar-refractivity contribution is 5.94. The summed E-state index contributed by atoms with van der Waals surface area (Å²) in [6.45, 7) is 0. The Kier molecular flexibility index (Phi) is 1.55. The van der Waals surface area contributed by atoms with Gasteiger partial charge in [-0.1, -0.05) is 22.7 Å². The fourth-order valence-electron chi connectivity index (χ4n) is 1.27. The van der Waals surface area contributed by atoms with E-state index in [-0.39, 0.29) is 16.0 Å². The minimum atomic E-state index is -1.27. The van der Waals surface area contributed by atoms with Crippen molar-refractivity contribution in [3.63, 3.8) is 0 Å². The second kappa shape index (κ2) is 2.58. The molecule has 0 radical (unpaired) electrons. The van der Waals surface area contributed by atoms with E-state index in [0.29, 0.717) is 5.39 Å². The molecule has 0 aliphatic rings. The van der Waals surface area contributed by atoms with Crippen LogP contribution in [-0.2, 0) is 0 Å². The second-order valence-corrected chi connectivity index (χ2v) is 2.67. The molecule has 1 N–H and O–H groups in total. The Morgan fingerprint density at radius 1 is 1.38 bits per heavy atom. The van der Waals surface area contributed by atoms with Crippen LogP contribution in [0.3, 0.4) is 0 Å². The van der Waals surface area contributed by atoms with Crippen molar-refractivity contribution in [1.82, 2.24) is 4.79 Å². The van der Waals surface area contributed by atoms with Crippen LogP contribution in [0.15, 0.2) is 30.3 Å². The Morgan fingerprint density at radius 3 is 2.69 bits per heavy atom. The average molecular weight is 179 g/mol. The van der Waals surface area contributed by atoms with Gasteiger partial charge in [0, 0.05) is 5.39 Å². The molecule has 0 fully saturated rings. The van der Waals surface area contributed by atoms with Gasteiger partial charge in [-0.2, -0.15) is 4.79 Å². The topological polar surface area (TPSA) is 42.2 Å². The summed E-state index contributed by atoms with van der Waals surface area (Å²) in [6, 6.07) is 7.88. The zero-order valence-corrected chi connectivity index (χ0v) is 6.57. The van der Waals surface area contributed by atoms with E-state index >= 15 is 0 Å². The number of hydrogen-bond acceptors (Lipinski definition) is 1. The molecule has 0 saturated carbocycles. The first-order valence-electron chi connectivity index (χ1n) is 3.70. The fraction of sp³-hybridized carbons (Fsp3) is 0. The van der Waals surface area contributed by atoms with Crippen LogP contribution in [0.2, 0.25) is 0 Å². The van der Waals surface area contributed by atoms with Crippen molar-refractivity contribution >= 4 is 16.9 Å². The number of aromatic carboxylic acids is 1. The Labute approximate surface area is 73.0 Å². The molecule has 2 rings (SSSR count). The molecule has 2 aromatic rings. The molecule has 3 nitrogen and oxygen atoms in total. The van der Waals surface area contributed by atoms with Gasteiger partial charge in [0.05, 0.1) is 5.52 Å². The normalized spacial score (nSPS) is 10.5. The molecule has 0 unspecified atom stereocenters. The second-order valence-electron chi connectivity index (χ2n) is 2.67. The summed E-state index contributed by atoms with van der Waals surface area (Å²) in [4.78, 5) is 10.7. The van der Waals surface area contributed by atoms with Gasteiger partial charge in [-0.3, -0.25) is 0 Å². The van der Waals surface area contributed by atoms with Gasteiger partial charge in [-0.25, -0.2) is 4.79 Å². The number of carboxylic acid groups (broad SMARTS) is 1. The van der Waals surface area contributed by atoms with Crippen LogP contribution in [0, 0.1) is 0 Å². The van der Waals surface area contributed by atoms with Crippen molar-refractivity contribution in [2.75, 3.05) is 0 Å². The van der Waals surface area contributed by atoms with E-state index in [1.165, 1.54) is 12.1 Å². The van der Waals surface area contributed by atoms with Gasteiger partial charge in [0.1, 0.15) is 0 Å². The molecule has 1 aromatic carbocycles. The van der Waals surface area contributed by atoms with Gasteiger partial charge in [0.2, 0.25) is 0 Å². The van der Waals surface area contributed by atoms with Gasteiger partial charge < -0.3 is 5.11 Å². The standard InChI is InChI=1S/C9H6FNO2/c10-11-7-4-2-1-3-6(7)5-8(11)9(12)13/h1-5H,(H,12,13). The summed E-state index contributed by atoms with van der Waals surface area (Å²) < 4.78 is 13.2. The van der Waals surface area contributed by atoms with Crippen LogP contribution in [0.4, 0.5) is 4.48 Å². The highest BCUT2D eigenvalue weighted by Crippen LogP contribution is 2.19. The fourth-order valence-corrected chi connectivity index (χ4v) is 1.27. The van der Waals surface area contributed by atoms with Gasteiger partial charge >= 0.3 is 5.97 Å². The number of aromatic nitrogens is 1. The average Bonchev–Trinajstić information content (AvgIpc) is 2.45. The van der Waals surface area contributed by atoms with Crippen LogP contribution in [0.25, 0.3) is 10.9 Å². The smallest absolute Gasteiger partial charge is 0.355 e. The number of carboxylic acids is 1. The molecule has 1 aromatic heterocycles. The Hall–Kier alpha value is -1.84. The Balaban J connectivity index is 2.81. The summed E-state index contributed by atoms with van der Waals surface area (Å²) in [5.41, 5.74) is -0.0684. The van der Waals surface area contributed by atoms with Crippen LogP contribution in [-0.4, -0.2) is 15.9 Å². The van der Waals surface area contributed by atoms with Crippen molar-refractivity contribution in [3.05, 3.63) is 36.0 Å². The van der Waals surface area contributed by atoms with Crippen molar-refractivity contribution in [2.24, 2.45) is 0 Å². The predicted octanol–water partition coefficient (Wildman–Crippen LogP) is 2.07. The molecule has 0 bridgehead atoms.